The van der Waals surface area contributed by atoms with E-state index in [1.54, 1.807) is 0 Å². The molecule has 1 aromatic rings. The fourth-order valence-corrected chi connectivity index (χ4v) is 4.95. The van der Waals surface area contributed by atoms with Crippen molar-refractivity contribution < 1.29 is 4.79 Å². The van der Waals surface area contributed by atoms with Crippen LogP contribution >= 0.6 is 0 Å². The Kier molecular flexibility index (Phi) is 7.04. The van der Waals surface area contributed by atoms with Crippen LogP contribution in [0.4, 0.5) is 0 Å². The van der Waals surface area contributed by atoms with Crippen LogP contribution in [-0.2, 0) is 4.79 Å². The second kappa shape index (κ2) is 9.90. The van der Waals surface area contributed by atoms with E-state index in [9.17, 15) is 4.79 Å². The average Bonchev–Trinajstić information content (AvgIpc) is 3.56. The summed E-state index contributed by atoms with van der Waals surface area (Å²) in [6.07, 6.45) is 10.3. The van der Waals surface area contributed by atoms with Crippen molar-refractivity contribution in [2.45, 2.75) is 38.0 Å². The van der Waals surface area contributed by atoms with E-state index in [4.69, 9.17) is 0 Å². The Balaban J connectivity index is 1.32. The fourth-order valence-electron chi connectivity index (χ4n) is 4.95. The molecule has 0 bridgehead atoms. The van der Waals surface area contributed by atoms with Crippen LogP contribution in [0.25, 0.3) is 0 Å². The molecule has 4 rings (SSSR count). The lowest BCUT2D eigenvalue weighted by atomic mass is 9.93. The topological polar surface area (TPSA) is 26.8 Å². The third-order valence-corrected chi connectivity index (χ3v) is 7.00. The molecule has 0 spiro atoms. The zero-order valence-corrected chi connectivity index (χ0v) is 18.0. The van der Waals surface area contributed by atoms with Crippen molar-refractivity contribution >= 4 is 5.91 Å². The zero-order chi connectivity index (χ0) is 20.1. The summed E-state index contributed by atoms with van der Waals surface area (Å²) < 4.78 is 0. The van der Waals surface area contributed by atoms with E-state index in [0.29, 0.717) is 17.7 Å². The van der Waals surface area contributed by atoms with E-state index in [2.05, 4.69) is 64.2 Å². The van der Waals surface area contributed by atoms with E-state index in [0.717, 1.165) is 65.1 Å². The van der Waals surface area contributed by atoms with E-state index in [1.165, 1.54) is 18.4 Å². The molecule has 29 heavy (non-hydrogen) atoms. The van der Waals surface area contributed by atoms with Crippen molar-refractivity contribution in [2.75, 3.05) is 52.9 Å². The normalized spacial score (nSPS) is 27.7. The van der Waals surface area contributed by atoms with Crippen molar-refractivity contribution in [3.05, 3.63) is 48.0 Å². The van der Waals surface area contributed by atoms with Crippen LogP contribution in [0.2, 0.25) is 0 Å². The first-order valence-corrected chi connectivity index (χ1v) is 11.6. The highest BCUT2D eigenvalue weighted by Crippen LogP contribution is 2.48. The number of amides is 1. The molecular formula is C25H37N3O. The number of benzene rings is 1. The van der Waals surface area contributed by atoms with Crippen molar-refractivity contribution in [1.29, 1.82) is 0 Å². The fraction of sp³-hybridized carbons (Fsp3) is 0.640. The Morgan fingerprint density at radius 3 is 2.62 bits per heavy atom. The number of piperazine rings is 1. The van der Waals surface area contributed by atoms with Gasteiger partial charge in [-0.05, 0) is 63.1 Å². The molecule has 1 amide bonds. The van der Waals surface area contributed by atoms with Crippen molar-refractivity contribution in [1.82, 2.24) is 14.7 Å². The van der Waals surface area contributed by atoms with Gasteiger partial charge in [0.2, 0.25) is 5.91 Å². The van der Waals surface area contributed by atoms with Crippen LogP contribution in [0.5, 0.6) is 0 Å². The minimum atomic E-state index is 0.208. The van der Waals surface area contributed by atoms with Gasteiger partial charge in [-0.15, -0.1) is 0 Å². The van der Waals surface area contributed by atoms with E-state index in [1.807, 2.05) is 0 Å². The number of allylic oxidation sites excluding steroid dienone is 2. The van der Waals surface area contributed by atoms with Gasteiger partial charge in [0.1, 0.15) is 0 Å². The number of hydrogen-bond donors (Lipinski definition) is 0. The van der Waals surface area contributed by atoms with Crippen LogP contribution < -0.4 is 0 Å². The van der Waals surface area contributed by atoms with Crippen LogP contribution in [-0.4, -0.2) is 73.5 Å². The second-order valence-corrected chi connectivity index (χ2v) is 9.29. The van der Waals surface area contributed by atoms with E-state index >= 15 is 0 Å². The van der Waals surface area contributed by atoms with Crippen molar-refractivity contribution in [3.63, 3.8) is 0 Å². The third kappa shape index (κ3) is 5.70. The van der Waals surface area contributed by atoms with Crippen LogP contribution in [0, 0.1) is 11.8 Å². The molecule has 1 heterocycles. The minimum Gasteiger partial charge on any atom is -0.342 e. The lowest BCUT2D eigenvalue weighted by Crippen LogP contribution is -2.45. The Morgan fingerprint density at radius 2 is 1.90 bits per heavy atom. The van der Waals surface area contributed by atoms with Crippen LogP contribution in [0.15, 0.2) is 42.5 Å². The summed E-state index contributed by atoms with van der Waals surface area (Å²) in [7, 11) is 2.20. The highest BCUT2D eigenvalue weighted by Gasteiger charge is 2.45. The number of rotatable bonds is 8. The Labute approximate surface area is 176 Å². The molecule has 158 valence electrons. The second-order valence-electron chi connectivity index (χ2n) is 9.29. The van der Waals surface area contributed by atoms with Gasteiger partial charge in [-0.2, -0.15) is 0 Å². The SMILES string of the molecule is CN1CCN(CCCN(C[C@@H]2CC=CCC2)C(=O)[C@H]2C[C@H]2c2ccccc2)CC1. The van der Waals surface area contributed by atoms with Gasteiger partial charge in [0.25, 0.3) is 0 Å². The minimum absolute atomic E-state index is 0.208. The Bertz CT molecular complexity index is 681. The zero-order valence-electron chi connectivity index (χ0n) is 18.0. The molecule has 0 radical (unpaired) electrons. The molecule has 2 aliphatic carbocycles. The number of likely N-dealkylation sites (N-methyl/N-ethyl adjacent to an activating group) is 1. The third-order valence-electron chi connectivity index (χ3n) is 7.00. The molecule has 0 aromatic heterocycles. The summed E-state index contributed by atoms with van der Waals surface area (Å²) in [5.41, 5.74) is 1.34. The lowest BCUT2D eigenvalue weighted by Gasteiger charge is -2.33. The monoisotopic (exact) mass is 395 g/mol. The predicted octanol–water partition coefficient (Wildman–Crippen LogP) is 3.61. The molecule has 1 saturated carbocycles. The molecule has 3 atom stereocenters. The molecule has 4 nitrogen and oxygen atoms in total. The van der Waals surface area contributed by atoms with Gasteiger partial charge in [0, 0.05) is 45.2 Å². The van der Waals surface area contributed by atoms with E-state index in [-0.39, 0.29) is 5.92 Å². The maximum atomic E-state index is 13.4. The van der Waals surface area contributed by atoms with Crippen LogP contribution in [0.3, 0.4) is 0 Å². The predicted molar refractivity (Wildman–Crippen MR) is 119 cm³/mol. The standard InChI is InChI=1S/C25H37N3O/c1-26-15-17-27(18-16-26)13-8-14-28(20-21-9-4-2-5-10-21)25(29)24-19-23(24)22-11-6-3-7-12-22/h2-4,6-7,11-12,21,23-24H,5,8-10,13-20H2,1H3/t21-,23+,24+/m1/s1. The van der Waals surface area contributed by atoms with Crippen molar-refractivity contribution in [3.8, 4) is 0 Å². The summed E-state index contributed by atoms with van der Waals surface area (Å²) in [6.45, 7) is 7.64. The van der Waals surface area contributed by atoms with Crippen molar-refractivity contribution in [2.24, 2.45) is 11.8 Å². The number of carbonyl (C=O) groups is 1. The van der Waals surface area contributed by atoms with Gasteiger partial charge in [-0.3, -0.25) is 4.79 Å². The van der Waals surface area contributed by atoms with Gasteiger partial charge in [0.05, 0.1) is 0 Å². The summed E-state index contributed by atoms with van der Waals surface area (Å²) in [6, 6.07) is 10.6. The molecule has 1 aromatic carbocycles. The quantitative estimate of drug-likeness (QED) is 0.629. The van der Waals surface area contributed by atoms with Crippen LogP contribution in [0.1, 0.15) is 43.6 Å². The summed E-state index contributed by atoms with van der Waals surface area (Å²) in [5.74, 6) is 1.70. The molecule has 0 unspecified atom stereocenters. The first-order chi connectivity index (χ1) is 14.2. The summed E-state index contributed by atoms with van der Waals surface area (Å²) in [4.78, 5) is 20.6. The molecule has 1 saturated heterocycles. The molecule has 0 N–H and O–H groups in total. The maximum Gasteiger partial charge on any atom is 0.226 e. The number of nitrogens with zero attached hydrogens (tertiary/aromatic N) is 3. The number of hydrogen-bond acceptors (Lipinski definition) is 3. The smallest absolute Gasteiger partial charge is 0.226 e. The largest absolute Gasteiger partial charge is 0.342 e. The van der Waals surface area contributed by atoms with Gasteiger partial charge < -0.3 is 14.7 Å². The van der Waals surface area contributed by atoms with E-state index < -0.39 is 0 Å². The van der Waals surface area contributed by atoms with Gasteiger partial charge in [0.15, 0.2) is 0 Å². The Hall–Kier alpha value is -1.65. The van der Waals surface area contributed by atoms with Gasteiger partial charge in [-0.25, -0.2) is 0 Å². The molecular weight excluding hydrogens is 358 g/mol. The van der Waals surface area contributed by atoms with Gasteiger partial charge >= 0.3 is 0 Å². The summed E-state index contributed by atoms with van der Waals surface area (Å²) in [5, 5.41) is 0. The molecule has 1 aliphatic heterocycles. The maximum absolute atomic E-state index is 13.4. The van der Waals surface area contributed by atoms with Gasteiger partial charge in [-0.1, -0.05) is 42.5 Å². The molecule has 2 fully saturated rings. The summed E-state index contributed by atoms with van der Waals surface area (Å²) >= 11 is 0. The lowest BCUT2D eigenvalue weighted by molar-refractivity contribution is -0.133. The first kappa shape index (κ1) is 20.6. The highest BCUT2D eigenvalue weighted by molar-refractivity contribution is 5.83. The first-order valence-electron chi connectivity index (χ1n) is 11.6. The number of carbonyl (C=O) groups excluding carboxylic acids is 1. The highest BCUT2D eigenvalue weighted by atomic mass is 16.2. The Morgan fingerprint density at radius 1 is 1.10 bits per heavy atom. The average molecular weight is 396 g/mol. The molecule has 4 heteroatoms. The molecule has 3 aliphatic rings.